The van der Waals surface area contributed by atoms with Crippen molar-refractivity contribution in [3.05, 3.63) is 0 Å². The lowest BCUT2D eigenvalue weighted by atomic mass is 9.85. The maximum absolute atomic E-state index is 9.30. The van der Waals surface area contributed by atoms with Gasteiger partial charge in [-0.1, -0.05) is 19.8 Å². The molecule has 2 heteroatoms. The summed E-state index contributed by atoms with van der Waals surface area (Å²) in [5.74, 6) is 0.803. The second kappa shape index (κ2) is 4.97. The molecule has 1 aliphatic carbocycles. The van der Waals surface area contributed by atoms with Crippen molar-refractivity contribution >= 4 is 0 Å². The first-order valence-corrected chi connectivity index (χ1v) is 5.49. The van der Waals surface area contributed by atoms with Crippen molar-refractivity contribution in [2.45, 2.75) is 51.7 Å². The van der Waals surface area contributed by atoms with Gasteiger partial charge in [0.1, 0.15) is 0 Å². The Morgan fingerprint density at radius 1 is 1.38 bits per heavy atom. The molecule has 0 aromatic carbocycles. The lowest BCUT2D eigenvalue weighted by Gasteiger charge is -2.36. The number of rotatable bonds is 3. The zero-order chi connectivity index (χ0) is 9.84. The molecule has 1 saturated carbocycles. The number of likely N-dealkylation sites (N-methyl/N-ethyl adjacent to an activating group) is 1. The van der Waals surface area contributed by atoms with E-state index in [4.69, 9.17) is 0 Å². The first kappa shape index (κ1) is 11.0. The Labute approximate surface area is 81.9 Å². The average Bonchev–Trinajstić information content (AvgIpc) is 2.03. The minimum absolute atomic E-state index is 0.195. The normalized spacial score (nSPS) is 32.1. The molecule has 0 aromatic heterocycles. The van der Waals surface area contributed by atoms with Crippen LogP contribution in [0.2, 0.25) is 0 Å². The van der Waals surface area contributed by atoms with Gasteiger partial charge in [-0.2, -0.15) is 0 Å². The number of nitrogens with zero attached hydrogens (tertiary/aromatic N) is 1. The van der Waals surface area contributed by atoms with Gasteiger partial charge >= 0.3 is 0 Å². The average molecular weight is 185 g/mol. The van der Waals surface area contributed by atoms with E-state index in [1.165, 1.54) is 25.7 Å². The van der Waals surface area contributed by atoms with Crippen LogP contribution < -0.4 is 0 Å². The highest BCUT2D eigenvalue weighted by atomic mass is 16.3. The van der Waals surface area contributed by atoms with Gasteiger partial charge in [0.05, 0.1) is 6.10 Å². The van der Waals surface area contributed by atoms with E-state index >= 15 is 0 Å². The van der Waals surface area contributed by atoms with Gasteiger partial charge < -0.3 is 10.0 Å². The van der Waals surface area contributed by atoms with Crippen LogP contribution in [-0.2, 0) is 0 Å². The van der Waals surface area contributed by atoms with Crippen LogP contribution >= 0.6 is 0 Å². The third-order valence-electron chi connectivity index (χ3n) is 3.18. The van der Waals surface area contributed by atoms with Gasteiger partial charge in [-0.25, -0.2) is 0 Å². The van der Waals surface area contributed by atoms with E-state index in [0.717, 1.165) is 12.5 Å². The van der Waals surface area contributed by atoms with E-state index in [2.05, 4.69) is 18.9 Å². The Morgan fingerprint density at radius 2 is 2.00 bits per heavy atom. The SMILES string of the molecule is CC(O)CN(C)C1CCCCC1C. The summed E-state index contributed by atoms with van der Waals surface area (Å²) in [6, 6.07) is 0.698. The van der Waals surface area contributed by atoms with Gasteiger partial charge in [0.2, 0.25) is 0 Å². The van der Waals surface area contributed by atoms with Crippen molar-refractivity contribution in [3.63, 3.8) is 0 Å². The van der Waals surface area contributed by atoms with Crippen LogP contribution in [0.5, 0.6) is 0 Å². The fourth-order valence-electron chi connectivity index (χ4n) is 2.50. The van der Waals surface area contributed by atoms with Crippen molar-refractivity contribution in [3.8, 4) is 0 Å². The summed E-state index contributed by atoms with van der Waals surface area (Å²) in [7, 11) is 2.14. The highest BCUT2D eigenvalue weighted by Crippen LogP contribution is 2.27. The van der Waals surface area contributed by atoms with Crippen molar-refractivity contribution in [2.24, 2.45) is 5.92 Å². The minimum Gasteiger partial charge on any atom is -0.392 e. The van der Waals surface area contributed by atoms with Crippen LogP contribution in [0.25, 0.3) is 0 Å². The van der Waals surface area contributed by atoms with Gasteiger partial charge in [0, 0.05) is 12.6 Å². The standard InChI is InChI=1S/C11H23NO/c1-9-6-4-5-7-11(9)12(3)8-10(2)13/h9-11,13H,4-8H2,1-3H3. The second-order valence-corrected chi connectivity index (χ2v) is 4.62. The molecule has 0 bridgehead atoms. The molecule has 0 aromatic rings. The van der Waals surface area contributed by atoms with Gasteiger partial charge in [0.25, 0.3) is 0 Å². The van der Waals surface area contributed by atoms with E-state index in [9.17, 15) is 5.11 Å². The van der Waals surface area contributed by atoms with Crippen LogP contribution in [0.15, 0.2) is 0 Å². The predicted molar refractivity (Wildman–Crippen MR) is 55.7 cm³/mol. The van der Waals surface area contributed by atoms with Gasteiger partial charge in [-0.15, -0.1) is 0 Å². The molecule has 1 N–H and O–H groups in total. The van der Waals surface area contributed by atoms with E-state index in [1.807, 2.05) is 6.92 Å². The lowest BCUT2D eigenvalue weighted by Crippen LogP contribution is -2.42. The summed E-state index contributed by atoms with van der Waals surface area (Å²) in [4.78, 5) is 2.33. The molecule has 3 atom stereocenters. The maximum Gasteiger partial charge on any atom is 0.0639 e. The van der Waals surface area contributed by atoms with E-state index < -0.39 is 0 Å². The fourth-order valence-corrected chi connectivity index (χ4v) is 2.50. The summed E-state index contributed by atoms with van der Waals surface area (Å²) in [6.07, 6.45) is 5.22. The van der Waals surface area contributed by atoms with Crippen molar-refractivity contribution in [1.29, 1.82) is 0 Å². The maximum atomic E-state index is 9.30. The largest absolute Gasteiger partial charge is 0.392 e. The molecule has 78 valence electrons. The molecule has 0 spiro atoms. The van der Waals surface area contributed by atoms with Gasteiger partial charge in [-0.3, -0.25) is 0 Å². The molecule has 2 nitrogen and oxygen atoms in total. The molecule has 0 amide bonds. The molecular weight excluding hydrogens is 162 g/mol. The molecule has 1 fully saturated rings. The van der Waals surface area contributed by atoms with Crippen molar-refractivity contribution < 1.29 is 5.11 Å². The first-order valence-electron chi connectivity index (χ1n) is 5.49. The molecule has 0 heterocycles. The van der Waals surface area contributed by atoms with Crippen LogP contribution in [0, 0.1) is 5.92 Å². The number of aliphatic hydroxyl groups is 1. The smallest absolute Gasteiger partial charge is 0.0639 e. The number of aliphatic hydroxyl groups excluding tert-OH is 1. The number of hydrogen-bond acceptors (Lipinski definition) is 2. The quantitative estimate of drug-likeness (QED) is 0.725. The van der Waals surface area contributed by atoms with Gasteiger partial charge in [0.15, 0.2) is 0 Å². The predicted octanol–water partition coefficient (Wildman–Crippen LogP) is 1.88. The van der Waals surface area contributed by atoms with Crippen molar-refractivity contribution in [2.75, 3.05) is 13.6 Å². The molecule has 3 unspecified atom stereocenters. The Morgan fingerprint density at radius 3 is 2.54 bits per heavy atom. The third kappa shape index (κ3) is 3.28. The summed E-state index contributed by atoms with van der Waals surface area (Å²) in [6.45, 7) is 5.02. The molecular formula is C11H23NO. The summed E-state index contributed by atoms with van der Waals surface area (Å²) in [5, 5.41) is 9.30. The summed E-state index contributed by atoms with van der Waals surface area (Å²) < 4.78 is 0. The summed E-state index contributed by atoms with van der Waals surface area (Å²) >= 11 is 0. The van der Waals surface area contributed by atoms with E-state index in [0.29, 0.717) is 6.04 Å². The lowest BCUT2D eigenvalue weighted by molar-refractivity contribution is 0.0798. The van der Waals surface area contributed by atoms with Gasteiger partial charge in [-0.05, 0) is 32.7 Å². The van der Waals surface area contributed by atoms with Crippen molar-refractivity contribution in [1.82, 2.24) is 4.90 Å². The highest BCUT2D eigenvalue weighted by Gasteiger charge is 2.25. The zero-order valence-corrected chi connectivity index (χ0v) is 9.16. The van der Waals surface area contributed by atoms with Crippen LogP contribution in [0.4, 0.5) is 0 Å². The molecule has 0 aliphatic heterocycles. The molecule has 1 rings (SSSR count). The second-order valence-electron chi connectivity index (χ2n) is 4.62. The van der Waals surface area contributed by atoms with Crippen LogP contribution in [0.1, 0.15) is 39.5 Å². The molecule has 0 saturated heterocycles. The molecule has 0 radical (unpaired) electrons. The van der Waals surface area contributed by atoms with E-state index in [1.54, 1.807) is 0 Å². The minimum atomic E-state index is -0.195. The molecule has 13 heavy (non-hydrogen) atoms. The Balaban J connectivity index is 2.39. The van der Waals surface area contributed by atoms with E-state index in [-0.39, 0.29) is 6.10 Å². The summed E-state index contributed by atoms with van der Waals surface area (Å²) in [5.41, 5.74) is 0. The third-order valence-corrected chi connectivity index (χ3v) is 3.18. The Kier molecular flexibility index (Phi) is 4.20. The first-order chi connectivity index (χ1) is 6.11. The monoisotopic (exact) mass is 185 g/mol. The molecule has 1 aliphatic rings. The fraction of sp³-hybridized carbons (Fsp3) is 1.00. The zero-order valence-electron chi connectivity index (χ0n) is 9.16. The van der Waals surface area contributed by atoms with Crippen LogP contribution in [-0.4, -0.2) is 35.7 Å². The number of hydrogen-bond donors (Lipinski definition) is 1. The van der Waals surface area contributed by atoms with Crippen LogP contribution in [0.3, 0.4) is 0 Å². The highest BCUT2D eigenvalue weighted by molar-refractivity contribution is 4.79. The Hall–Kier alpha value is -0.0800. The topological polar surface area (TPSA) is 23.5 Å². The Bertz CT molecular complexity index is 147.